The summed E-state index contributed by atoms with van der Waals surface area (Å²) in [5, 5.41) is 5.68. The number of amides is 1. The lowest BCUT2D eigenvalue weighted by Crippen LogP contribution is -2.27. The predicted molar refractivity (Wildman–Crippen MR) is 62.6 cm³/mol. The van der Waals surface area contributed by atoms with Gasteiger partial charge in [0, 0.05) is 11.6 Å². The molecule has 0 bridgehead atoms. The average molecular weight is 217 g/mol. The summed E-state index contributed by atoms with van der Waals surface area (Å²) in [5.41, 5.74) is 0.923. The van der Waals surface area contributed by atoms with E-state index in [0.29, 0.717) is 11.6 Å². The van der Waals surface area contributed by atoms with Crippen LogP contribution in [0.3, 0.4) is 0 Å². The van der Waals surface area contributed by atoms with Crippen LogP contribution in [0.5, 0.6) is 0 Å². The van der Waals surface area contributed by atoms with Gasteiger partial charge in [0.2, 0.25) is 5.91 Å². The van der Waals surface area contributed by atoms with Crippen LogP contribution in [0.25, 0.3) is 0 Å². The third kappa shape index (κ3) is 2.82. The molecule has 4 heteroatoms. The Morgan fingerprint density at radius 2 is 2.25 bits per heavy atom. The molecule has 2 rings (SSSR count). The number of aromatic nitrogens is 1. The summed E-state index contributed by atoms with van der Waals surface area (Å²) < 4.78 is 0. The van der Waals surface area contributed by atoms with Gasteiger partial charge in [0.25, 0.3) is 0 Å². The minimum absolute atomic E-state index is 0.0464. The van der Waals surface area contributed by atoms with Gasteiger partial charge in [-0.1, -0.05) is 12.6 Å². The van der Waals surface area contributed by atoms with Crippen molar-refractivity contribution in [3.63, 3.8) is 0 Å². The summed E-state index contributed by atoms with van der Waals surface area (Å²) in [5.74, 6) is 1.41. The summed E-state index contributed by atoms with van der Waals surface area (Å²) in [6.45, 7) is 5.66. The van der Waals surface area contributed by atoms with Crippen LogP contribution in [-0.4, -0.2) is 10.9 Å². The highest BCUT2D eigenvalue weighted by Gasteiger charge is 2.29. The predicted octanol–water partition coefficient (Wildman–Crippen LogP) is 1.80. The summed E-state index contributed by atoms with van der Waals surface area (Å²) in [7, 11) is 0. The number of pyridine rings is 1. The van der Waals surface area contributed by atoms with Crippen LogP contribution in [0, 0.1) is 12.8 Å². The summed E-state index contributed by atoms with van der Waals surface area (Å²) >= 11 is 0. The molecule has 16 heavy (non-hydrogen) atoms. The molecule has 4 nitrogen and oxygen atoms in total. The second-order valence-corrected chi connectivity index (χ2v) is 4.03. The fourth-order valence-electron chi connectivity index (χ4n) is 1.39. The first-order valence-corrected chi connectivity index (χ1v) is 5.35. The topological polar surface area (TPSA) is 54.0 Å². The highest BCUT2D eigenvalue weighted by molar-refractivity contribution is 5.82. The third-order valence-electron chi connectivity index (χ3n) is 2.39. The molecule has 1 saturated carbocycles. The molecule has 1 aliphatic carbocycles. The Balaban J connectivity index is 1.89. The average Bonchev–Trinajstić information content (AvgIpc) is 2.99. The fraction of sp³-hybridized carbons (Fsp3) is 0.333. The Bertz CT molecular complexity index is 424. The lowest BCUT2D eigenvalue weighted by atomic mass is 10.3. The van der Waals surface area contributed by atoms with Crippen LogP contribution in [-0.2, 0) is 4.79 Å². The number of nitrogens with one attached hydrogen (secondary N) is 2. The second-order valence-electron chi connectivity index (χ2n) is 4.03. The number of anilines is 1. The molecule has 0 radical (unpaired) electrons. The van der Waals surface area contributed by atoms with Gasteiger partial charge in [0.15, 0.2) is 0 Å². The number of nitrogens with zero attached hydrogens (tertiary/aromatic N) is 1. The normalized spacial score (nSPS) is 14.3. The van der Waals surface area contributed by atoms with Gasteiger partial charge in [0.05, 0.1) is 0 Å². The fourth-order valence-corrected chi connectivity index (χ4v) is 1.39. The van der Waals surface area contributed by atoms with Crippen molar-refractivity contribution in [2.45, 2.75) is 19.8 Å². The van der Waals surface area contributed by atoms with E-state index in [1.807, 2.05) is 25.1 Å². The van der Waals surface area contributed by atoms with E-state index in [-0.39, 0.29) is 11.8 Å². The molecule has 1 amide bonds. The van der Waals surface area contributed by atoms with E-state index in [0.717, 1.165) is 18.5 Å². The standard InChI is InChI=1S/C12H15N3O/c1-8-4-3-5-11(13-8)14-9(2)15-12(16)10-6-7-10/h3-5,10H,2,6-7H2,1H3,(H,13,14)(H,15,16). The number of carbonyl (C=O) groups is 1. The zero-order chi connectivity index (χ0) is 11.5. The smallest absolute Gasteiger partial charge is 0.228 e. The molecule has 1 fully saturated rings. The van der Waals surface area contributed by atoms with Crippen LogP contribution in [0.4, 0.5) is 5.82 Å². The van der Waals surface area contributed by atoms with Gasteiger partial charge >= 0.3 is 0 Å². The Hall–Kier alpha value is -1.84. The number of hydrogen-bond acceptors (Lipinski definition) is 3. The molecule has 1 aliphatic rings. The van der Waals surface area contributed by atoms with Gasteiger partial charge in [-0.25, -0.2) is 4.98 Å². The Kier molecular flexibility index (Phi) is 2.90. The molecule has 0 spiro atoms. The number of hydrogen-bond donors (Lipinski definition) is 2. The first kappa shape index (κ1) is 10.7. The quantitative estimate of drug-likeness (QED) is 0.808. The van der Waals surface area contributed by atoms with Crippen molar-refractivity contribution >= 4 is 11.7 Å². The van der Waals surface area contributed by atoms with Crippen molar-refractivity contribution < 1.29 is 4.79 Å². The van der Waals surface area contributed by atoms with Crippen LogP contribution in [0.1, 0.15) is 18.5 Å². The summed E-state index contributed by atoms with van der Waals surface area (Å²) in [6, 6.07) is 5.65. The van der Waals surface area contributed by atoms with Crippen LogP contribution in [0.2, 0.25) is 0 Å². The molecule has 84 valence electrons. The first-order valence-electron chi connectivity index (χ1n) is 5.35. The molecule has 0 unspecified atom stereocenters. The lowest BCUT2D eigenvalue weighted by molar-refractivity contribution is -0.121. The van der Waals surface area contributed by atoms with Gasteiger partial charge in [-0.3, -0.25) is 4.79 Å². The first-order chi connectivity index (χ1) is 7.65. The third-order valence-corrected chi connectivity index (χ3v) is 2.39. The van der Waals surface area contributed by atoms with Crippen molar-refractivity contribution in [3.05, 3.63) is 36.3 Å². The molecule has 1 aromatic rings. The van der Waals surface area contributed by atoms with E-state index in [9.17, 15) is 4.79 Å². The number of carbonyl (C=O) groups excluding carboxylic acids is 1. The van der Waals surface area contributed by atoms with Gasteiger partial charge in [-0.05, 0) is 31.9 Å². The van der Waals surface area contributed by atoms with Gasteiger partial charge < -0.3 is 10.6 Å². The van der Waals surface area contributed by atoms with E-state index in [2.05, 4.69) is 22.2 Å². The molecular formula is C12H15N3O. The lowest BCUT2D eigenvalue weighted by Gasteiger charge is -2.10. The van der Waals surface area contributed by atoms with E-state index >= 15 is 0 Å². The van der Waals surface area contributed by atoms with Crippen molar-refractivity contribution in [2.75, 3.05) is 5.32 Å². The Morgan fingerprint density at radius 3 is 2.88 bits per heavy atom. The van der Waals surface area contributed by atoms with E-state index in [1.165, 1.54) is 0 Å². The molecule has 1 aromatic heterocycles. The van der Waals surface area contributed by atoms with Crippen molar-refractivity contribution in [1.82, 2.24) is 10.3 Å². The Labute approximate surface area is 94.8 Å². The zero-order valence-electron chi connectivity index (χ0n) is 9.29. The molecule has 0 aliphatic heterocycles. The van der Waals surface area contributed by atoms with Crippen molar-refractivity contribution in [1.29, 1.82) is 0 Å². The van der Waals surface area contributed by atoms with Crippen LogP contribution < -0.4 is 10.6 Å². The summed E-state index contributed by atoms with van der Waals surface area (Å²) in [6.07, 6.45) is 1.98. The minimum atomic E-state index is 0.0464. The van der Waals surface area contributed by atoms with E-state index in [4.69, 9.17) is 0 Å². The maximum absolute atomic E-state index is 11.4. The molecule has 0 atom stereocenters. The van der Waals surface area contributed by atoms with Gasteiger partial charge in [-0.15, -0.1) is 0 Å². The van der Waals surface area contributed by atoms with Gasteiger partial charge in [-0.2, -0.15) is 0 Å². The highest BCUT2D eigenvalue weighted by Crippen LogP contribution is 2.28. The SMILES string of the molecule is C=C(NC(=O)C1CC1)Nc1cccc(C)n1. The van der Waals surface area contributed by atoms with Crippen LogP contribution in [0.15, 0.2) is 30.6 Å². The monoisotopic (exact) mass is 217 g/mol. The van der Waals surface area contributed by atoms with Crippen molar-refractivity contribution in [2.24, 2.45) is 5.92 Å². The molecule has 2 N–H and O–H groups in total. The highest BCUT2D eigenvalue weighted by atomic mass is 16.2. The number of rotatable bonds is 4. The number of aryl methyl sites for hydroxylation is 1. The largest absolute Gasteiger partial charge is 0.327 e. The molecular weight excluding hydrogens is 202 g/mol. The Morgan fingerprint density at radius 1 is 1.50 bits per heavy atom. The van der Waals surface area contributed by atoms with E-state index < -0.39 is 0 Å². The molecule has 1 heterocycles. The molecule has 0 aromatic carbocycles. The maximum Gasteiger partial charge on any atom is 0.228 e. The van der Waals surface area contributed by atoms with Crippen LogP contribution >= 0.6 is 0 Å². The zero-order valence-corrected chi connectivity index (χ0v) is 9.29. The second kappa shape index (κ2) is 4.35. The van der Waals surface area contributed by atoms with E-state index in [1.54, 1.807) is 0 Å². The van der Waals surface area contributed by atoms with Gasteiger partial charge in [0.1, 0.15) is 11.6 Å². The summed E-state index contributed by atoms with van der Waals surface area (Å²) in [4.78, 5) is 15.7. The maximum atomic E-state index is 11.4. The van der Waals surface area contributed by atoms with Crippen molar-refractivity contribution in [3.8, 4) is 0 Å². The molecule has 0 saturated heterocycles. The minimum Gasteiger partial charge on any atom is -0.327 e.